The van der Waals surface area contributed by atoms with Gasteiger partial charge in [0.15, 0.2) is 5.78 Å². The first-order chi connectivity index (χ1) is 10.7. The van der Waals surface area contributed by atoms with E-state index in [9.17, 15) is 18.0 Å². The van der Waals surface area contributed by atoms with Crippen LogP contribution >= 0.6 is 11.6 Å². The van der Waals surface area contributed by atoms with Gasteiger partial charge in [-0.3, -0.25) is 9.59 Å². The van der Waals surface area contributed by atoms with E-state index in [0.29, 0.717) is 23.4 Å². The summed E-state index contributed by atoms with van der Waals surface area (Å²) in [7, 11) is -3.25. The molecule has 0 bridgehead atoms. The van der Waals surface area contributed by atoms with Crippen LogP contribution < -0.4 is 5.32 Å². The fourth-order valence-corrected chi connectivity index (χ4v) is 3.45. The lowest BCUT2D eigenvalue weighted by Crippen LogP contribution is -2.52. The first-order valence-electron chi connectivity index (χ1n) is 7.19. The van der Waals surface area contributed by atoms with Crippen molar-refractivity contribution in [2.24, 2.45) is 0 Å². The van der Waals surface area contributed by atoms with Gasteiger partial charge < -0.3 is 5.32 Å². The Balaban J connectivity index is 2.33. The van der Waals surface area contributed by atoms with Crippen molar-refractivity contribution in [1.29, 1.82) is 0 Å². The SMILES string of the molecule is CS(=O)(=O)CCC(=O)NC1(c2ccccc2Cl)CCC=CC1=O. The molecular formula is C16H18ClNO4S. The highest BCUT2D eigenvalue weighted by Gasteiger charge is 2.42. The number of carbonyl (C=O) groups is 2. The van der Waals surface area contributed by atoms with Gasteiger partial charge in [-0.2, -0.15) is 0 Å². The van der Waals surface area contributed by atoms with Crippen molar-refractivity contribution in [2.45, 2.75) is 24.8 Å². The average molecular weight is 356 g/mol. The molecule has 0 saturated carbocycles. The van der Waals surface area contributed by atoms with Crippen LogP contribution in [0.3, 0.4) is 0 Å². The van der Waals surface area contributed by atoms with E-state index in [2.05, 4.69) is 5.32 Å². The maximum atomic E-state index is 12.5. The van der Waals surface area contributed by atoms with Crippen molar-refractivity contribution >= 4 is 33.1 Å². The van der Waals surface area contributed by atoms with Crippen LogP contribution in [0.2, 0.25) is 5.02 Å². The first-order valence-corrected chi connectivity index (χ1v) is 9.63. The molecule has 1 N–H and O–H groups in total. The summed E-state index contributed by atoms with van der Waals surface area (Å²) in [5.41, 5.74) is -0.703. The van der Waals surface area contributed by atoms with Crippen LogP contribution in [0.1, 0.15) is 24.8 Å². The lowest BCUT2D eigenvalue weighted by molar-refractivity contribution is -0.130. The van der Waals surface area contributed by atoms with Gasteiger partial charge in [0, 0.05) is 23.3 Å². The molecule has 0 aliphatic heterocycles. The van der Waals surface area contributed by atoms with Crippen molar-refractivity contribution in [1.82, 2.24) is 5.32 Å². The summed E-state index contributed by atoms with van der Waals surface area (Å²) in [6.07, 6.45) is 5.06. The molecule has 1 atom stereocenters. The molecule has 5 nitrogen and oxygen atoms in total. The quantitative estimate of drug-likeness (QED) is 0.876. The number of benzene rings is 1. The molecule has 0 heterocycles. The Labute approximate surface area is 140 Å². The fraction of sp³-hybridized carbons (Fsp3) is 0.375. The molecule has 23 heavy (non-hydrogen) atoms. The number of nitrogens with one attached hydrogen (secondary N) is 1. The number of rotatable bonds is 5. The molecular weight excluding hydrogens is 338 g/mol. The number of amides is 1. The average Bonchev–Trinajstić information content (AvgIpc) is 2.47. The highest BCUT2D eigenvalue weighted by molar-refractivity contribution is 7.90. The number of halogens is 1. The lowest BCUT2D eigenvalue weighted by Gasteiger charge is -2.35. The molecule has 1 aromatic carbocycles. The molecule has 7 heteroatoms. The zero-order valence-electron chi connectivity index (χ0n) is 12.7. The number of carbonyl (C=O) groups excluding carboxylic acids is 2. The zero-order valence-corrected chi connectivity index (χ0v) is 14.3. The van der Waals surface area contributed by atoms with E-state index >= 15 is 0 Å². The molecule has 1 aliphatic rings. The van der Waals surface area contributed by atoms with Gasteiger partial charge in [0.25, 0.3) is 0 Å². The number of allylic oxidation sites excluding steroid dienone is 1. The van der Waals surface area contributed by atoms with E-state index in [-0.39, 0.29) is 18.0 Å². The minimum Gasteiger partial charge on any atom is -0.339 e. The number of hydrogen-bond acceptors (Lipinski definition) is 4. The zero-order chi connectivity index (χ0) is 17.1. The van der Waals surface area contributed by atoms with Gasteiger partial charge in [-0.15, -0.1) is 0 Å². The summed E-state index contributed by atoms with van der Waals surface area (Å²) < 4.78 is 22.4. The van der Waals surface area contributed by atoms with Gasteiger partial charge in [-0.1, -0.05) is 35.9 Å². The predicted octanol–water partition coefficient (Wildman–Crippen LogP) is 2.01. The molecule has 0 saturated heterocycles. The topological polar surface area (TPSA) is 80.3 Å². The highest BCUT2D eigenvalue weighted by atomic mass is 35.5. The van der Waals surface area contributed by atoms with E-state index in [0.717, 1.165) is 6.26 Å². The standard InChI is InChI=1S/C16H18ClNO4S/c1-23(21,22)11-9-15(20)18-16(10-5-4-8-14(16)19)12-6-2-3-7-13(12)17/h2-4,6-8H,5,9-11H2,1H3,(H,18,20). The molecule has 1 amide bonds. The Morgan fingerprint density at radius 3 is 2.65 bits per heavy atom. The van der Waals surface area contributed by atoms with Crippen LogP contribution in [0.25, 0.3) is 0 Å². The second-order valence-corrected chi connectivity index (χ2v) is 8.29. The lowest BCUT2D eigenvalue weighted by atomic mass is 9.78. The summed E-state index contributed by atoms with van der Waals surface area (Å²) >= 11 is 6.22. The number of ketones is 1. The molecule has 0 spiro atoms. The predicted molar refractivity (Wildman–Crippen MR) is 89.0 cm³/mol. The third kappa shape index (κ3) is 4.20. The monoisotopic (exact) mass is 355 g/mol. The second kappa shape index (κ2) is 6.84. The van der Waals surface area contributed by atoms with Crippen LogP contribution in [0.4, 0.5) is 0 Å². The van der Waals surface area contributed by atoms with Gasteiger partial charge >= 0.3 is 0 Å². The Hall–Kier alpha value is -1.66. The second-order valence-electron chi connectivity index (χ2n) is 5.62. The van der Waals surface area contributed by atoms with Gasteiger partial charge in [-0.25, -0.2) is 8.42 Å². The molecule has 124 valence electrons. The van der Waals surface area contributed by atoms with Crippen molar-refractivity contribution in [3.8, 4) is 0 Å². The Kier molecular flexibility index (Phi) is 5.26. The molecule has 2 rings (SSSR count). The van der Waals surface area contributed by atoms with E-state index in [1.165, 1.54) is 6.08 Å². The maximum absolute atomic E-state index is 12.5. The van der Waals surface area contributed by atoms with Crippen LogP contribution in [-0.2, 0) is 25.0 Å². The molecule has 1 unspecified atom stereocenters. The summed E-state index contributed by atoms with van der Waals surface area (Å²) in [5, 5.41) is 3.11. The third-order valence-corrected chi connectivity index (χ3v) is 5.04. The summed E-state index contributed by atoms with van der Waals surface area (Å²) in [4.78, 5) is 24.7. The largest absolute Gasteiger partial charge is 0.339 e. The van der Waals surface area contributed by atoms with Crippen LogP contribution in [0.5, 0.6) is 0 Å². The van der Waals surface area contributed by atoms with E-state index in [1.807, 2.05) is 0 Å². The van der Waals surface area contributed by atoms with Crippen molar-refractivity contribution < 1.29 is 18.0 Å². The van der Waals surface area contributed by atoms with Gasteiger partial charge in [0.2, 0.25) is 5.91 Å². The van der Waals surface area contributed by atoms with Gasteiger partial charge in [0.1, 0.15) is 15.4 Å². The van der Waals surface area contributed by atoms with Crippen LogP contribution in [-0.4, -0.2) is 32.1 Å². The van der Waals surface area contributed by atoms with Crippen molar-refractivity contribution in [3.05, 3.63) is 47.0 Å². The maximum Gasteiger partial charge on any atom is 0.222 e. The Morgan fingerprint density at radius 2 is 2.04 bits per heavy atom. The molecule has 0 aromatic heterocycles. The number of sulfone groups is 1. The Morgan fingerprint density at radius 1 is 1.35 bits per heavy atom. The summed E-state index contributed by atoms with van der Waals surface area (Å²) in [6, 6.07) is 6.86. The smallest absolute Gasteiger partial charge is 0.222 e. The first kappa shape index (κ1) is 17.7. The van der Waals surface area contributed by atoms with E-state index in [1.54, 1.807) is 30.3 Å². The molecule has 1 aliphatic carbocycles. The van der Waals surface area contributed by atoms with Gasteiger partial charge in [0.05, 0.1) is 5.75 Å². The minimum absolute atomic E-state index is 0.192. The summed E-state index contributed by atoms with van der Waals surface area (Å²) in [6.45, 7) is 0. The molecule has 1 aromatic rings. The fourth-order valence-electron chi connectivity index (χ4n) is 2.60. The van der Waals surface area contributed by atoms with Crippen molar-refractivity contribution in [2.75, 3.05) is 12.0 Å². The van der Waals surface area contributed by atoms with E-state index in [4.69, 9.17) is 11.6 Å². The van der Waals surface area contributed by atoms with Crippen LogP contribution in [0.15, 0.2) is 36.4 Å². The third-order valence-electron chi connectivity index (χ3n) is 3.76. The van der Waals surface area contributed by atoms with E-state index < -0.39 is 21.3 Å². The Bertz CT molecular complexity index is 757. The minimum atomic E-state index is -3.25. The number of hydrogen-bond donors (Lipinski definition) is 1. The van der Waals surface area contributed by atoms with Gasteiger partial charge in [-0.05, 0) is 25.0 Å². The molecule has 0 radical (unpaired) electrons. The normalized spacial score (nSPS) is 21.2. The van der Waals surface area contributed by atoms with Crippen molar-refractivity contribution in [3.63, 3.8) is 0 Å². The summed E-state index contributed by atoms with van der Waals surface area (Å²) in [5.74, 6) is -1.01. The highest BCUT2D eigenvalue weighted by Crippen LogP contribution is 2.35. The molecule has 0 fully saturated rings. The van der Waals surface area contributed by atoms with Crippen LogP contribution in [0, 0.1) is 0 Å².